The van der Waals surface area contributed by atoms with E-state index in [1.807, 2.05) is 48.9 Å². The maximum absolute atomic E-state index is 9.65. The Kier molecular flexibility index (Phi) is 4.86. The summed E-state index contributed by atoms with van der Waals surface area (Å²) < 4.78 is 3.60. The van der Waals surface area contributed by atoms with Gasteiger partial charge in [0.2, 0.25) is 11.8 Å². The van der Waals surface area contributed by atoms with Crippen molar-refractivity contribution in [1.82, 2.24) is 14.1 Å². The van der Waals surface area contributed by atoms with Crippen LogP contribution in [0.2, 0.25) is 0 Å². The van der Waals surface area contributed by atoms with Crippen LogP contribution in [0.5, 0.6) is 0 Å². The van der Waals surface area contributed by atoms with Crippen LogP contribution in [0.4, 0.5) is 0 Å². The molecule has 0 atom stereocenters. The van der Waals surface area contributed by atoms with Crippen LogP contribution in [0.3, 0.4) is 0 Å². The van der Waals surface area contributed by atoms with Crippen molar-refractivity contribution < 1.29 is 10.0 Å². The molecule has 0 aliphatic rings. The molecule has 0 saturated heterocycles. The third-order valence-corrected chi connectivity index (χ3v) is 5.50. The van der Waals surface area contributed by atoms with Crippen LogP contribution in [0, 0.1) is 22.8 Å². The number of nitrogens with zero attached hydrogens (tertiary/aromatic N) is 6. The van der Waals surface area contributed by atoms with E-state index in [0.29, 0.717) is 22.0 Å². The van der Waals surface area contributed by atoms with Gasteiger partial charge in [0.25, 0.3) is 0 Å². The maximum atomic E-state index is 9.65. The normalized spacial score (nSPS) is 12.2. The predicted octanol–water partition coefficient (Wildman–Crippen LogP) is 1.38. The van der Waals surface area contributed by atoms with E-state index < -0.39 is 12.5 Å². The van der Waals surface area contributed by atoms with E-state index in [1.54, 1.807) is 36.0 Å². The Bertz CT molecular complexity index is 1470. The molecule has 4 rings (SSSR count). The summed E-state index contributed by atoms with van der Waals surface area (Å²) >= 11 is 0. The Balaban J connectivity index is 2.11. The van der Waals surface area contributed by atoms with Crippen LogP contribution >= 0.6 is 0 Å². The first-order chi connectivity index (χ1) is 14.8. The zero-order valence-corrected chi connectivity index (χ0v) is 17.3. The fourth-order valence-electron chi connectivity index (χ4n) is 3.69. The Labute approximate surface area is 178 Å². The molecule has 2 aromatic carbocycles. The van der Waals surface area contributed by atoms with Crippen LogP contribution in [0.15, 0.2) is 53.7 Å². The van der Waals surface area contributed by atoms with E-state index >= 15 is 0 Å². The molecule has 0 spiro atoms. The second-order valence-corrected chi connectivity index (χ2v) is 7.83. The minimum absolute atomic E-state index is 0.335. The molecule has 0 aliphatic carbocycles. The van der Waals surface area contributed by atoms with E-state index in [1.165, 1.54) is 0 Å². The van der Waals surface area contributed by atoms with Crippen molar-refractivity contribution >= 4 is 34.5 Å². The highest BCUT2D eigenvalue weighted by Crippen LogP contribution is 2.27. The van der Waals surface area contributed by atoms with Gasteiger partial charge < -0.3 is 14.6 Å². The SMILES string of the molecule is Cn1/c(=N/C#N)n(-c2ccc(C(C)(C)C#N)cc2)c2c3cc(B(O)O)ccc3ncc21. The summed E-state index contributed by atoms with van der Waals surface area (Å²) in [6.45, 7) is 3.70. The van der Waals surface area contributed by atoms with Gasteiger partial charge in [0.1, 0.15) is 0 Å². The number of hydrogen-bond acceptors (Lipinski definition) is 6. The third-order valence-electron chi connectivity index (χ3n) is 5.50. The smallest absolute Gasteiger partial charge is 0.423 e. The summed E-state index contributed by atoms with van der Waals surface area (Å²) in [7, 11) is 0.174. The summed E-state index contributed by atoms with van der Waals surface area (Å²) in [5.74, 6) is 0. The molecule has 2 aromatic heterocycles. The number of nitriles is 2. The van der Waals surface area contributed by atoms with Crippen molar-refractivity contribution in [3.8, 4) is 17.9 Å². The largest absolute Gasteiger partial charge is 0.488 e. The molecule has 0 radical (unpaired) electrons. The molecule has 0 saturated carbocycles. The highest BCUT2D eigenvalue weighted by atomic mass is 16.4. The lowest BCUT2D eigenvalue weighted by Gasteiger charge is -2.16. The molecular formula is C22H19BN6O2. The lowest BCUT2D eigenvalue weighted by atomic mass is 9.80. The maximum Gasteiger partial charge on any atom is 0.488 e. The minimum atomic E-state index is -1.62. The van der Waals surface area contributed by atoms with Gasteiger partial charge in [-0.1, -0.05) is 24.3 Å². The quantitative estimate of drug-likeness (QED) is 0.390. The molecular weight excluding hydrogens is 391 g/mol. The number of aryl methyl sites for hydroxylation is 1. The molecule has 9 heteroatoms. The van der Waals surface area contributed by atoms with Gasteiger partial charge in [-0.2, -0.15) is 10.5 Å². The van der Waals surface area contributed by atoms with E-state index in [0.717, 1.165) is 22.3 Å². The minimum Gasteiger partial charge on any atom is -0.423 e. The van der Waals surface area contributed by atoms with Gasteiger partial charge in [0, 0.05) is 18.1 Å². The van der Waals surface area contributed by atoms with Crippen molar-refractivity contribution in [3.05, 3.63) is 59.8 Å². The molecule has 2 heterocycles. The van der Waals surface area contributed by atoms with Gasteiger partial charge in [-0.25, -0.2) is 0 Å². The van der Waals surface area contributed by atoms with E-state index in [9.17, 15) is 20.6 Å². The van der Waals surface area contributed by atoms with Gasteiger partial charge >= 0.3 is 7.12 Å². The van der Waals surface area contributed by atoms with Crippen LogP contribution in [0.25, 0.3) is 27.6 Å². The zero-order valence-electron chi connectivity index (χ0n) is 17.3. The fourth-order valence-corrected chi connectivity index (χ4v) is 3.69. The Morgan fingerprint density at radius 1 is 1.10 bits per heavy atom. The van der Waals surface area contributed by atoms with E-state index in [2.05, 4.69) is 16.0 Å². The van der Waals surface area contributed by atoms with Crippen LogP contribution < -0.4 is 11.1 Å². The van der Waals surface area contributed by atoms with Crippen LogP contribution in [0.1, 0.15) is 19.4 Å². The summed E-state index contributed by atoms with van der Waals surface area (Å²) in [6.07, 6.45) is 3.56. The molecule has 31 heavy (non-hydrogen) atoms. The first-order valence-corrected chi connectivity index (χ1v) is 9.59. The average molecular weight is 410 g/mol. The number of aromatic nitrogens is 3. The van der Waals surface area contributed by atoms with E-state index in [-0.39, 0.29) is 0 Å². The van der Waals surface area contributed by atoms with Crippen molar-refractivity contribution in [2.75, 3.05) is 0 Å². The number of imidazole rings is 1. The molecule has 4 aromatic rings. The number of benzene rings is 2. The average Bonchev–Trinajstić information content (AvgIpc) is 3.05. The summed E-state index contributed by atoms with van der Waals surface area (Å²) in [5.41, 5.74) is 3.85. The highest BCUT2D eigenvalue weighted by molar-refractivity contribution is 6.59. The standard InChI is InChI=1S/C22H19BN6O2/c1-22(2,12-24)14-4-7-16(8-5-14)29-20-17-10-15(23(30)31)6-9-18(17)26-11-19(20)28(3)21(29)27-13-25/h4-11,30-31H,1-3H3/b27-21-. The highest BCUT2D eigenvalue weighted by Gasteiger charge is 2.21. The van der Waals surface area contributed by atoms with Gasteiger partial charge in [0.05, 0.1) is 34.2 Å². The first-order valence-electron chi connectivity index (χ1n) is 9.59. The number of fused-ring (bicyclic) bond motifs is 3. The van der Waals surface area contributed by atoms with Crippen molar-refractivity contribution in [2.24, 2.45) is 12.0 Å². The summed E-state index contributed by atoms with van der Waals surface area (Å²) in [5, 5.41) is 38.7. The first kappa shape index (κ1) is 20.4. The van der Waals surface area contributed by atoms with E-state index in [4.69, 9.17) is 0 Å². The van der Waals surface area contributed by atoms with Crippen LogP contribution in [-0.4, -0.2) is 31.3 Å². The Morgan fingerprint density at radius 2 is 1.81 bits per heavy atom. The van der Waals surface area contributed by atoms with Gasteiger partial charge in [0.15, 0.2) is 0 Å². The predicted molar refractivity (Wildman–Crippen MR) is 117 cm³/mol. The molecule has 0 bridgehead atoms. The van der Waals surface area contributed by atoms with Crippen molar-refractivity contribution in [1.29, 1.82) is 10.5 Å². The molecule has 0 unspecified atom stereocenters. The Hall–Kier alpha value is -3.92. The zero-order chi connectivity index (χ0) is 22.3. The van der Waals surface area contributed by atoms with Gasteiger partial charge in [-0.15, -0.1) is 4.99 Å². The molecule has 2 N–H and O–H groups in total. The molecule has 0 aliphatic heterocycles. The second kappa shape index (κ2) is 7.40. The van der Waals surface area contributed by atoms with Gasteiger partial charge in [-0.3, -0.25) is 9.55 Å². The lowest BCUT2D eigenvalue weighted by Crippen LogP contribution is -2.29. The van der Waals surface area contributed by atoms with Crippen LogP contribution in [-0.2, 0) is 12.5 Å². The van der Waals surface area contributed by atoms with Crippen molar-refractivity contribution in [2.45, 2.75) is 19.3 Å². The number of hydrogen-bond donors (Lipinski definition) is 2. The number of rotatable bonds is 3. The Morgan fingerprint density at radius 3 is 2.42 bits per heavy atom. The topological polar surface area (TPSA) is 123 Å². The monoisotopic (exact) mass is 410 g/mol. The molecule has 0 amide bonds. The van der Waals surface area contributed by atoms with Gasteiger partial charge in [-0.05, 0) is 43.1 Å². The molecule has 0 fully saturated rings. The third kappa shape index (κ3) is 3.26. The molecule has 152 valence electrons. The lowest BCUT2D eigenvalue weighted by molar-refractivity contribution is 0.426. The summed E-state index contributed by atoms with van der Waals surface area (Å²) in [6, 6.07) is 14.8. The fraction of sp³-hybridized carbons (Fsp3) is 0.182. The number of pyridine rings is 1. The second-order valence-electron chi connectivity index (χ2n) is 7.83. The van der Waals surface area contributed by atoms with Crippen molar-refractivity contribution in [3.63, 3.8) is 0 Å². The summed E-state index contributed by atoms with van der Waals surface area (Å²) in [4.78, 5) is 8.50. The molecule has 8 nitrogen and oxygen atoms in total.